The summed E-state index contributed by atoms with van der Waals surface area (Å²) in [5, 5.41) is 15.9. The van der Waals surface area contributed by atoms with Gasteiger partial charge in [0, 0.05) is 13.1 Å². The summed E-state index contributed by atoms with van der Waals surface area (Å²) < 4.78 is 0. The van der Waals surface area contributed by atoms with Gasteiger partial charge < -0.3 is 15.7 Å². The van der Waals surface area contributed by atoms with Crippen LogP contribution in [0.2, 0.25) is 0 Å². The molecule has 1 aromatic heterocycles. The van der Waals surface area contributed by atoms with Crippen LogP contribution < -0.4 is 5.73 Å². The van der Waals surface area contributed by atoms with Gasteiger partial charge in [-0.05, 0) is 20.8 Å². The lowest BCUT2D eigenvalue weighted by atomic mass is 10.1. The number of carbonyl (C=O) groups is 1. The fourth-order valence-corrected chi connectivity index (χ4v) is 1.42. The Morgan fingerprint density at radius 3 is 2.69 bits per heavy atom. The van der Waals surface area contributed by atoms with E-state index in [1.54, 1.807) is 13.8 Å². The summed E-state index contributed by atoms with van der Waals surface area (Å²) in [6, 6.07) is 0. The van der Waals surface area contributed by atoms with Crippen LogP contribution in [0.3, 0.4) is 0 Å². The van der Waals surface area contributed by atoms with E-state index in [4.69, 9.17) is 5.73 Å². The molecule has 0 spiro atoms. The van der Waals surface area contributed by atoms with Gasteiger partial charge in [0.2, 0.25) is 0 Å². The Morgan fingerprint density at radius 1 is 1.69 bits per heavy atom. The smallest absolute Gasteiger partial charge is 0.274 e. The third kappa shape index (κ3) is 2.96. The maximum Gasteiger partial charge on any atom is 0.274 e. The molecule has 0 fully saturated rings. The van der Waals surface area contributed by atoms with Gasteiger partial charge in [-0.2, -0.15) is 5.10 Å². The lowest BCUT2D eigenvalue weighted by Gasteiger charge is -2.27. The maximum atomic E-state index is 12.0. The lowest BCUT2D eigenvalue weighted by molar-refractivity contribution is 0.0312. The van der Waals surface area contributed by atoms with Crippen molar-refractivity contribution in [2.75, 3.05) is 18.8 Å². The highest BCUT2D eigenvalue weighted by molar-refractivity contribution is 5.97. The monoisotopic (exact) mass is 226 g/mol. The van der Waals surface area contributed by atoms with E-state index in [0.717, 1.165) is 0 Å². The Labute approximate surface area is 94.4 Å². The van der Waals surface area contributed by atoms with E-state index in [0.29, 0.717) is 12.2 Å². The van der Waals surface area contributed by atoms with Gasteiger partial charge in [0.05, 0.1) is 17.5 Å². The topological polar surface area (TPSA) is 95.2 Å². The average Bonchev–Trinajstić information content (AvgIpc) is 2.58. The molecule has 1 heterocycles. The maximum absolute atomic E-state index is 12.0. The number of nitrogens with zero attached hydrogens (tertiary/aromatic N) is 2. The van der Waals surface area contributed by atoms with Crippen molar-refractivity contribution in [2.24, 2.45) is 0 Å². The van der Waals surface area contributed by atoms with Crippen LogP contribution in [0.4, 0.5) is 5.69 Å². The number of aromatic amines is 1. The molecule has 0 radical (unpaired) electrons. The molecule has 4 N–H and O–H groups in total. The van der Waals surface area contributed by atoms with Crippen molar-refractivity contribution in [3.8, 4) is 0 Å². The number of nitrogens with one attached hydrogen (secondary N) is 1. The van der Waals surface area contributed by atoms with E-state index in [9.17, 15) is 9.90 Å². The molecular formula is C10H18N4O2. The Kier molecular flexibility index (Phi) is 3.54. The summed E-state index contributed by atoms with van der Waals surface area (Å²) in [5.41, 5.74) is 5.25. The number of nitrogen functional groups attached to an aromatic ring is 1. The number of aromatic nitrogens is 2. The molecule has 0 aliphatic carbocycles. The van der Waals surface area contributed by atoms with Crippen molar-refractivity contribution in [2.45, 2.75) is 26.4 Å². The highest BCUT2D eigenvalue weighted by Crippen LogP contribution is 2.12. The highest BCUT2D eigenvalue weighted by atomic mass is 16.3. The molecule has 0 aliphatic rings. The van der Waals surface area contributed by atoms with Crippen molar-refractivity contribution in [3.05, 3.63) is 11.9 Å². The predicted octanol–water partition coefficient (Wildman–Crippen LogP) is 0.225. The minimum absolute atomic E-state index is 0.250. The largest absolute Gasteiger partial charge is 0.396 e. The summed E-state index contributed by atoms with van der Waals surface area (Å²) in [5.74, 6) is -0.250. The van der Waals surface area contributed by atoms with Gasteiger partial charge in [0.25, 0.3) is 5.91 Å². The number of nitrogens with two attached hydrogens (primary N) is 1. The molecule has 90 valence electrons. The van der Waals surface area contributed by atoms with Gasteiger partial charge in [-0.1, -0.05) is 0 Å². The fourth-order valence-electron chi connectivity index (χ4n) is 1.42. The van der Waals surface area contributed by atoms with E-state index < -0.39 is 5.60 Å². The van der Waals surface area contributed by atoms with Gasteiger partial charge in [-0.15, -0.1) is 0 Å². The summed E-state index contributed by atoms with van der Waals surface area (Å²) in [4.78, 5) is 13.5. The van der Waals surface area contributed by atoms with E-state index in [2.05, 4.69) is 10.2 Å². The van der Waals surface area contributed by atoms with Gasteiger partial charge >= 0.3 is 0 Å². The summed E-state index contributed by atoms with van der Waals surface area (Å²) in [6.45, 7) is 5.90. The molecule has 0 unspecified atom stereocenters. The Bertz CT molecular complexity index is 367. The average molecular weight is 226 g/mol. The number of amides is 1. The second kappa shape index (κ2) is 4.52. The van der Waals surface area contributed by atoms with E-state index >= 15 is 0 Å². The number of anilines is 1. The molecule has 0 aliphatic heterocycles. The molecule has 6 heteroatoms. The van der Waals surface area contributed by atoms with Crippen LogP contribution in [0.1, 0.15) is 31.3 Å². The first-order valence-corrected chi connectivity index (χ1v) is 5.15. The molecule has 16 heavy (non-hydrogen) atoms. The van der Waals surface area contributed by atoms with Crippen LogP contribution in [0.5, 0.6) is 0 Å². The zero-order valence-corrected chi connectivity index (χ0v) is 9.82. The molecule has 0 aromatic carbocycles. The zero-order valence-electron chi connectivity index (χ0n) is 9.82. The molecule has 1 rings (SSSR count). The number of hydrogen-bond acceptors (Lipinski definition) is 4. The third-order valence-corrected chi connectivity index (χ3v) is 2.13. The Morgan fingerprint density at radius 2 is 2.31 bits per heavy atom. The molecule has 0 saturated carbocycles. The molecule has 0 saturated heterocycles. The zero-order chi connectivity index (χ0) is 12.3. The molecular weight excluding hydrogens is 208 g/mol. The standard InChI is InChI=1S/C10H18N4O2/c1-4-14(6-10(2,3)16)9(15)8-7(11)5-12-13-8/h5,16H,4,6,11H2,1-3H3,(H,12,13). The van der Waals surface area contributed by atoms with Crippen LogP contribution in [-0.4, -0.2) is 44.8 Å². The fraction of sp³-hybridized carbons (Fsp3) is 0.600. The molecule has 0 atom stereocenters. The van der Waals surface area contributed by atoms with Crippen LogP contribution in [0.15, 0.2) is 6.20 Å². The summed E-state index contributed by atoms with van der Waals surface area (Å²) in [7, 11) is 0. The minimum atomic E-state index is -0.930. The van der Waals surface area contributed by atoms with Gasteiger partial charge in [-0.25, -0.2) is 0 Å². The number of likely N-dealkylation sites (N-methyl/N-ethyl adjacent to an activating group) is 1. The van der Waals surface area contributed by atoms with E-state index in [-0.39, 0.29) is 18.1 Å². The van der Waals surface area contributed by atoms with Crippen molar-refractivity contribution < 1.29 is 9.90 Å². The van der Waals surface area contributed by atoms with Crippen molar-refractivity contribution in [1.29, 1.82) is 0 Å². The second-order valence-electron chi connectivity index (χ2n) is 4.33. The first-order valence-electron chi connectivity index (χ1n) is 5.15. The Hall–Kier alpha value is -1.56. The summed E-state index contributed by atoms with van der Waals surface area (Å²) >= 11 is 0. The lowest BCUT2D eigenvalue weighted by Crippen LogP contribution is -2.42. The van der Waals surface area contributed by atoms with Crippen LogP contribution in [0.25, 0.3) is 0 Å². The number of aliphatic hydroxyl groups is 1. The van der Waals surface area contributed by atoms with Crippen molar-refractivity contribution in [1.82, 2.24) is 15.1 Å². The normalized spacial score (nSPS) is 11.5. The molecule has 1 aromatic rings. The van der Waals surface area contributed by atoms with Crippen molar-refractivity contribution >= 4 is 11.6 Å². The minimum Gasteiger partial charge on any atom is -0.396 e. The summed E-state index contributed by atoms with van der Waals surface area (Å²) in [6.07, 6.45) is 1.39. The van der Waals surface area contributed by atoms with Gasteiger partial charge in [0.1, 0.15) is 5.69 Å². The number of hydrogen-bond donors (Lipinski definition) is 3. The first-order chi connectivity index (χ1) is 7.35. The number of H-pyrrole nitrogens is 1. The van der Waals surface area contributed by atoms with Crippen LogP contribution in [0, 0.1) is 0 Å². The van der Waals surface area contributed by atoms with Gasteiger partial charge in [0.15, 0.2) is 0 Å². The van der Waals surface area contributed by atoms with Crippen molar-refractivity contribution in [3.63, 3.8) is 0 Å². The molecule has 1 amide bonds. The molecule has 6 nitrogen and oxygen atoms in total. The SMILES string of the molecule is CCN(CC(C)(C)O)C(=O)c1[nH]ncc1N. The van der Waals surface area contributed by atoms with Crippen LogP contribution in [-0.2, 0) is 0 Å². The number of carbonyl (C=O) groups excluding carboxylic acids is 1. The number of rotatable bonds is 4. The highest BCUT2D eigenvalue weighted by Gasteiger charge is 2.24. The quantitative estimate of drug-likeness (QED) is 0.684. The predicted molar refractivity (Wildman–Crippen MR) is 60.9 cm³/mol. The second-order valence-corrected chi connectivity index (χ2v) is 4.33. The third-order valence-electron chi connectivity index (χ3n) is 2.13. The van der Waals surface area contributed by atoms with E-state index in [1.807, 2.05) is 6.92 Å². The van der Waals surface area contributed by atoms with E-state index in [1.165, 1.54) is 11.1 Å². The Balaban J connectivity index is 2.82. The first kappa shape index (κ1) is 12.5. The van der Waals surface area contributed by atoms with Gasteiger partial charge in [-0.3, -0.25) is 9.89 Å². The van der Waals surface area contributed by atoms with Crippen LogP contribution >= 0.6 is 0 Å². The molecule has 0 bridgehead atoms.